The lowest BCUT2D eigenvalue weighted by Gasteiger charge is -2.09. The quantitative estimate of drug-likeness (QED) is 0.720. The largest absolute Gasteiger partial charge is 0.394 e. The van der Waals surface area contributed by atoms with E-state index in [1.165, 1.54) is 18.1 Å². The number of nitrogens with one attached hydrogen (secondary N) is 1. The fourth-order valence-corrected chi connectivity index (χ4v) is 2.85. The van der Waals surface area contributed by atoms with Gasteiger partial charge in [-0.2, -0.15) is 0 Å². The van der Waals surface area contributed by atoms with E-state index in [1.54, 1.807) is 13.2 Å². The number of nitrogens with two attached hydrogens (primary N) is 1. The van der Waals surface area contributed by atoms with Gasteiger partial charge in [0, 0.05) is 23.5 Å². The Morgan fingerprint density at radius 1 is 1.10 bits per heavy atom. The van der Waals surface area contributed by atoms with E-state index in [4.69, 9.17) is 5.73 Å². The van der Waals surface area contributed by atoms with E-state index in [0.717, 1.165) is 20.8 Å². The molecule has 0 spiro atoms. The van der Waals surface area contributed by atoms with Crippen molar-refractivity contribution in [3.05, 3.63) is 42.9 Å². The van der Waals surface area contributed by atoms with Crippen LogP contribution in [0.3, 0.4) is 0 Å². The summed E-state index contributed by atoms with van der Waals surface area (Å²) in [6.45, 7) is 0. The number of hydrogen-bond donors (Lipinski definition) is 2. The molecule has 0 fully saturated rings. The molecule has 2 heterocycles. The van der Waals surface area contributed by atoms with Crippen LogP contribution in [-0.4, -0.2) is 22.0 Å². The first-order valence-electron chi connectivity index (χ1n) is 6.09. The van der Waals surface area contributed by atoms with Gasteiger partial charge >= 0.3 is 0 Å². The molecule has 3 rings (SSSR count). The van der Waals surface area contributed by atoms with Gasteiger partial charge in [0.2, 0.25) is 0 Å². The van der Waals surface area contributed by atoms with Crippen molar-refractivity contribution in [2.75, 3.05) is 18.1 Å². The molecule has 6 heteroatoms. The van der Waals surface area contributed by atoms with Gasteiger partial charge in [-0.05, 0) is 12.1 Å². The molecule has 0 saturated heterocycles. The summed E-state index contributed by atoms with van der Waals surface area (Å²) in [5.41, 5.74) is 7.55. The lowest BCUT2D eigenvalue weighted by Crippen LogP contribution is -2.01. The van der Waals surface area contributed by atoms with Crippen molar-refractivity contribution >= 4 is 34.2 Å². The van der Waals surface area contributed by atoms with Crippen LogP contribution in [0.25, 0.3) is 10.9 Å². The maximum atomic E-state index is 6.06. The first kappa shape index (κ1) is 12.7. The van der Waals surface area contributed by atoms with Crippen molar-refractivity contribution in [2.45, 2.75) is 9.92 Å². The molecule has 0 aliphatic rings. The lowest BCUT2D eigenvalue weighted by molar-refractivity contribution is 1.05. The Balaban J connectivity index is 2.06. The van der Waals surface area contributed by atoms with Crippen LogP contribution in [0.4, 0.5) is 11.5 Å². The third kappa shape index (κ3) is 2.25. The third-order valence-electron chi connectivity index (χ3n) is 2.89. The number of aromatic nitrogens is 3. The molecule has 5 nitrogen and oxygen atoms in total. The van der Waals surface area contributed by atoms with Gasteiger partial charge in [-0.25, -0.2) is 9.97 Å². The third-order valence-corrected chi connectivity index (χ3v) is 3.95. The van der Waals surface area contributed by atoms with Crippen LogP contribution >= 0.6 is 11.8 Å². The minimum Gasteiger partial charge on any atom is -0.394 e. The van der Waals surface area contributed by atoms with E-state index in [0.29, 0.717) is 11.5 Å². The molecular formula is C14H13N5S. The first-order chi connectivity index (χ1) is 9.79. The summed E-state index contributed by atoms with van der Waals surface area (Å²) in [4.78, 5) is 13.8. The summed E-state index contributed by atoms with van der Waals surface area (Å²) in [7, 11) is 1.78. The Morgan fingerprint density at radius 2 is 1.95 bits per heavy atom. The van der Waals surface area contributed by atoms with Gasteiger partial charge in [-0.3, -0.25) is 4.98 Å². The van der Waals surface area contributed by atoms with E-state index >= 15 is 0 Å². The number of hydrogen-bond acceptors (Lipinski definition) is 6. The van der Waals surface area contributed by atoms with Crippen LogP contribution in [0.2, 0.25) is 0 Å². The minimum atomic E-state index is 0.549. The minimum absolute atomic E-state index is 0.549. The fourth-order valence-electron chi connectivity index (χ4n) is 1.92. The number of fused-ring (bicyclic) bond motifs is 1. The zero-order valence-electron chi connectivity index (χ0n) is 10.9. The number of para-hydroxylation sites is 1. The molecule has 3 N–H and O–H groups in total. The molecular weight excluding hydrogens is 270 g/mol. The Hall–Kier alpha value is -2.34. The molecule has 0 amide bonds. The van der Waals surface area contributed by atoms with Crippen molar-refractivity contribution in [3.8, 4) is 0 Å². The molecule has 0 unspecified atom stereocenters. The van der Waals surface area contributed by atoms with Crippen molar-refractivity contribution in [1.82, 2.24) is 15.0 Å². The molecule has 1 aromatic carbocycles. The van der Waals surface area contributed by atoms with Gasteiger partial charge in [0.05, 0.1) is 5.52 Å². The van der Waals surface area contributed by atoms with E-state index in [9.17, 15) is 0 Å². The average Bonchev–Trinajstić information content (AvgIpc) is 2.50. The predicted molar refractivity (Wildman–Crippen MR) is 81.9 cm³/mol. The van der Waals surface area contributed by atoms with Crippen LogP contribution in [0, 0.1) is 0 Å². The number of benzene rings is 1. The number of rotatable bonds is 3. The summed E-state index contributed by atoms with van der Waals surface area (Å²) >= 11 is 1.49. The van der Waals surface area contributed by atoms with E-state index < -0.39 is 0 Å². The molecule has 0 bridgehead atoms. The number of nitrogens with zero attached hydrogens (tertiary/aromatic N) is 3. The zero-order chi connectivity index (χ0) is 13.9. The molecule has 0 saturated carbocycles. The summed E-state index contributed by atoms with van der Waals surface area (Å²) in [6, 6.07) is 10.0. The first-order valence-corrected chi connectivity index (χ1v) is 6.91. The maximum Gasteiger partial charge on any atom is 0.153 e. The molecule has 0 aliphatic carbocycles. The highest BCUT2D eigenvalue weighted by atomic mass is 32.2. The van der Waals surface area contributed by atoms with Crippen LogP contribution in [-0.2, 0) is 0 Å². The molecule has 100 valence electrons. The van der Waals surface area contributed by atoms with Gasteiger partial charge in [0.25, 0.3) is 0 Å². The van der Waals surface area contributed by atoms with Gasteiger partial charge in [-0.15, -0.1) is 0 Å². The van der Waals surface area contributed by atoms with Crippen LogP contribution in [0.1, 0.15) is 0 Å². The summed E-state index contributed by atoms with van der Waals surface area (Å²) < 4.78 is 0. The number of nitrogen functional groups attached to an aromatic ring is 1. The predicted octanol–water partition coefficient (Wildman–Crippen LogP) is 2.80. The van der Waals surface area contributed by atoms with E-state index in [2.05, 4.69) is 20.3 Å². The second-order valence-electron chi connectivity index (χ2n) is 4.12. The van der Waals surface area contributed by atoms with E-state index in [-0.39, 0.29) is 0 Å². The Kier molecular flexibility index (Phi) is 3.39. The topological polar surface area (TPSA) is 76.7 Å². The lowest BCUT2D eigenvalue weighted by atomic mass is 10.2. The summed E-state index contributed by atoms with van der Waals surface area (Å²) in [5.74, 6) is 0.635. The highest BCUT2D eigenvalue weighted by Gasteiger charge is 2.10. The Morgan fingerprint density at radius 3 is 2.80 bits per heavy atom. The standard InChI is InChI=1S/C14H13N5S/c1-16-13-11(15)14(19-8-18-13)20-10-6-2-4-9-5-3-7-17-12(9)10/h2-8H,15H2,1H3,(H,16,18,19). The van der Waals surface area contributed by atoms with Crippen molar-refractivity contribution in [3.63, 3.8) is 0 Å². The summed E-state index contributed by atoms with van der Waals surface area (Å²) in [5, 5.41) is 4.77. The molecule has 20 heavy (non-hydrogen) atoms. The molecule has 0 radical (unpaired) electrons. The fraction of sp³-hybridized carbons (Fsp3) is 0.0714. The van der Waals surface area contributed by atoms with Gasteiger partial charge in [-0.1, -0.05) is 30.0 Å². The van der Waals surface area contributed by atoms with Crippen molar-refractivity contribution in [1.29, 1.82) is 0 Å². The number of anilines is 2. The van der Waals surface area contributed by atoms with Crippen LogP contribution < -0.4 is 11.1 Å². The normalized spacial score (nSPS) is 10.7. The average molecular weight is 283 g/mol. The Bertz CT molecular complexity index is 754. The monoisotopic (exact) mass is 283 g/mol. The van der Waals surface area contributed by atoms with Crippen LogP contribution in [0.15, 0.2) is 52.8 Å². The van der Waals surface area contributed by atoms with Gasteiger partial charge in [0.1, 0.15) is 17.0 Å². The van der Waals surface area contributed by atoms with Gasteiger partial charge in [0.15, 0.2) is 5.82 Å². The smallest absolute Gasteiger partial charge is 0.153 e. The van der Waals surface area contributed by atoms with Crippen molar-refractivity contribution in [2.24, 2.45) is 0 Å². The molecule has 0 atom stereocenters. The van der Waals surface area contributed by atoms with Crippen molar-refractivity contribution < 1.29 is 0 Å². The van der Waals surface area contributed by atoms with E-state index in [1.807, 2.05) is 30.3 Å². The van der Waals surface area contributed by atoms with Gasteiger partial charge < -0.3 is 11.1 Å². The molecule has 0 aliphatic heterocycles. The highest BCUT2D eigenvalue weighted by Crippen LogP contribution is 2.35. The zero-order valence-corrected chi connectivity index (χ0v) is 11.7. The Labute approximate surface area is 120 Å². The summed E-state index contributed by atoms with van der Waals surface area (Å²) in [6.07, 6.45) is 3.29. The SMILES string of the molecule is CNc1ncnc(Sc2cccc3cccnc23)c1N. The molecule has 2 aromatic heterocycles. The molecule has 3 aromatic rings. The second-order valence-corrected chi connectivity index (χ2v) is 5.16. The van der Waals surface area contributed by atoms with Crippen LogP contribution in [0.5, 0.6) is 0 Å². The highest BCUT2D eigenvalue weighted by molar-refractivity contribution is 7.99. The second kappa shape index (κ2) is 5.34. The maximum absolute atomic E-state index is 6.06. The number of pyridine rings is 1.